The average molecular weight is 307 g/mol. The number of aromatic nitrogens is 1. The molecule has 92 valence electrons. The first-order valence-corrected chi connectivity index (χ1v) is 7.17. The van der Waals surface area contributed by atoms with Crippen molar-refractivity contribution in [1.29, 1.82) is 0 Å². The fraction of sp³-hybridized carbons (Fsp3) is 0.727. The number of aliphatic hydroxyl groups excluding tert-OH is 1. The molecule has 16 heavy (non-hydrogen) atoms. The first-order valence-electron chi connectivity index (χ1n) is 5.56. The predicted octanol–water partition coefficient (Wildman–Crippen LogP) is 3.11. The lowest BCUT2D eigenvalue weighted by atomic mass is 9.93. The molecule has 0 aliphatic heterocycles. The SMILES string of the molecule is CCC(CC)(CO)NC(C)c1ncc(Br)s1. The van der Waals surface area contributed by atoms with Crippen LogP contribution in [0.5, 0.6) is 0 Å². The van der Waals surface area contributed by atoms with Gasteiger partial charge in [-0.1, -0.05) is 13.8 Å². The highest BCUT2D eigenvalue weighted by Gasteiger charge is 2.27. The first-order chi connectivity index (χ1) is 7.56. The van der Waals surface area contributed by atoms with Crippen LogP contribution in [0.2, 0.25) is 0 Å². The van der Waals surface area contributed by atoms with E-state index < -0.39 is 0 Å². The molecule has 5 heteroatoms. The van der Waals surface area contributed by atoms with E-state index in [2.05, 4.69) is 47.0 Å². The van der Waals surface area contributed by atoms with Crippen molar-refractivity contribution in [3.05, 3.63) is 15.0 Å². The standard InChI is InChI=1S/C11H19BrN2OS/c1-4-11(5-2,7-15)14-8(3)10-13-6-9(12)16-10/h6,8,14-15H,4-5,7H2,1-3H3. The van der Waals surface area contributed by atoms with Crippen LogP contribution in [0.4, 0.5) is 0 Å². The molecule has 0 spiro atoms. The highest BCUT2D eigenvalue weighted by molar-refractivity contribution is 9.11. The third-order valence-corrected chi connectivity index (χ3v) is 4.70. The summed E-state index contributed by atoms with van der Waals surface area (Å²) in [5.74, 6) is 0. The van der Waals surface area contributed by atoms with Gasteiger partial charge in [0, 0.05) is 5.54 Å². The molecule has 1 heterocycles. The summed E-state index contributed by atoms with van der Waals surface area (Å²) in [6, 6.07) is 0.170. The molecule has 1 rings (SSSR count). The second-order valence-electron chi connectivity index (χ2n) is 4.01. The molecular weight excluding hydrogens is 288 g/mol. The molecule has 0 saturated heterocycles. The van der Waals surface area contributed by atoms with Gasteiger partial charge in [-0.15, -0.1) is 11.3 Å². The zero-order valence-electron chi connectivity index (χ0n) is 9.96. The second kappa shape index (κ2) is 6.10. The minimum atomic E-state index is -0.183. The maximum Gasteiger partial charge on any atom is 0.110 e. The summed E-state index contributed by atoms with van der Waals surface area (Å²) in [6.45, 7) is 6.44. The Labute approximate surface area is 109 Å². The molecule has 0 aromatic carbocycles. The van der Waals surface area contributed by atoms with E-state index in [0.717, 1.165) is 21.6 Å². The smallest absolute Gasteiger partial charge is 0.110 e. The second-order valence-corrected chi connectivity index (χ2v) is 6.46. The molecule has 1 unspecified atom stereocenters. The molecule has 3 nitrogen and oxygen atoms in total. The van der Waals surface area contributed by atoms with Crippen LogP contribution in [0.1, 0.15) is 44.7 Å². The van der Waals surface area contributed by atoms with Gasteiger partial charge in [-0.05, 0) is 35.7 Å². The molecule has 1 aromatic heterocycles. The number of hydrogen-bond acceptors (Lipinski definition) is 4. The minimum Gasteiger partial charge on any atom is -0.394 e. The summed E-state index contributed by atoms with van der Waals surface area (Å²) in [7, 11) is 0. The normalized spacial score (nSPS) is 14.1. The van der Waals surface area contributed by atoms with E-state index in [-0.39, 0.29) is 18.2 Å². The number of thiazole rings is 1. The molecule has 1 atom stereocenters. The topological polar surface area (TPSA) is 45.1 Å². The summed E-state index contributed by atoms with van der Waals surface area (Å²) >= 11 is 5.04. The number of hydrogen-bond donors (Lipinski definition) is 2. The van der Waals surface area contributed by atoms with E-state index in [4.69, 9.17) is 0 Å². The maximum absolute atomic E-state index is 9.49. The maximum atomic E-state index is 9.49. The summed E-state index contributed by atoms with van der Waals surface area (Å²) in [5, 5.41) is 14.0. The van der Waals surface area contributed by atoms with Crippen LogP contribution >= 0.6 is 27.3 Å². The van der Waals surface area contributed by atoms with Crippen molar-refractivity contribution in [3.8, 4) is 0 Å². The Morgan fingerprint density at radius 1 is 1.56 bits per heavy atom. The van der Waals surface area contributed by atoms with Crippen LogP contribution in [-0.2, 0) is 0 Å². The molecule has 0 radical (unpaired) electrons. The van der Waals surface area contributed by atoms with Gasteiger partial charge in [-0.25, -0.2) is 4.98 Å². The van der Waals surface area contributed by atoms with Crippen LogP contribution in [0, 0.1) is 0 Å². The molecule has 0 bridgehead atoms. The third kappa shape index (κ3) is 3.26. The zero-order valence-corrected chi connectivity index (χ0v) is 12.4. The van der Waals surface area contributed by atoms with Gasteiger partial charge in [0.25, 0.3) is 0 Å². The van der Waals surface area contributed by atoms with Gasteiger partial charge in [0.05, 0.1) is 22.6 Å². The van der Waals surface area contributed by atoms with Gasteiger partial charge in [-0.3, -0.25) is 0 Å². The van der Waals surface area contributed by atoms with Crippen molar-refractivity contribution in [2.75, 3.05) is 6.61 Å². The number of halogens is 1. The summed E-state index contributed by atoms with van der Waals surface area (Å²) in [6.07, 6.45) is 3.64. The number of nitrogens with one attached hydrogen (secondary N) is 1. The van der Waals surface area contributed by atoms with Gasteiger partial charge in [0.15, 0.2) is 0 Å². The van der Waals surface area contributed by atoms with E-state index >= 15 is 0 Å². The Morgan fingerprint density at radius 2 is 2.19 bits per heavy atom. The minimum absolute atomic E-state index is 0.164. The predicted molar refractivity (Wildman–Crippen MR) is 71.8 cm³/mol. The van der Waals surface area contributed by atoms with Gasteiger partial charge in [-0.2, -0.15) is 0 Å². The molecule has 2 N–H and O–H groups in total. The lowest BCUT2D eigenvalue weighted by molar-refractivity contribution is 0.140. The lowest BCUT2D eigenvalue weighted by Crippen LogP contribution is -2.48. The Bertz CT molecular complexity index is 317. The van der Waals surface area contributed by atoms with Gasteiger partial charge >= 0.3 is 0 Å². The zero-order chi connectivity index (χ0) is 12.2. The van der Waals surface area contributed by atoms with Crippen molar-refractivity contribution in [1.82, 2.24) is 10.3 Å². The van der Waals surface area contributed by atoms with Gasteiger partial charge < -0.3 is 10.4 Å². The first kappa shape index (κ1) is 14.1. The van der Waals surface area contributed by atoms with Crippen molar-refractivity contribution in [2.24, 2.45) is 0 Å². The number of aliphatic hydroxyl groups is 1. The fourth-order valence-electron chi connectivity index (χ4n) is 1.71. The summed E-state index contributed by atoms with van der Waals surface area (Å²) < 4.78 is 1.04. The van der Waals surface area contributed by atoms with E-state index in [9.17, 15) is 5.11 Å². The highest BCUT2D eigenvalue weighted by atomic mass is 79.9. The molecule has 1 aromatic rings. The van der Waals surface area contributed by atoms with Crippen molar-refractivity contribution in [3.63, 3.8) is 0 Å². The Balaban J connectivity index is 2.72. The van der Waals surface area contributed by atoms with Crippen LogP contribution in [0.3, 0.4) is 0 Å². The monoisotopic (exact) mass is 306 g/mol. The average Bonchev–Trinajstić information content (AvgIpc) is 2.73. The summed E-state index contributed by atoms with van der Waals surface area (Å²) in [5.41, 5.74) is -0.183. The Morgan fingerprint density at radius 3 is 2.56 bits per heavy atom. The quantitative estimate of drug-likeness (QED) is 0.849. The molecular formula is C11H19BrN2OS. The van der Waals surface area contributed by atoms with Crippen molar-refractivity contribution in [2.45, 2.75) is 45.2 Å². The van der Waals surface area contributed by atoms with E-state index in [1.54, 1.807) is 11.3 Å². The van der Waals surface area contributed by atoms with Crippen molar-refractivity contribution < 1.29 is 5.11 Å². The number of nitrogens with zero attached hydrogens (tertiary/aromatic N) is 1. The largest absolute Gasteiger partial charge is 0.394 e. The van der Waals surface area contributed by atoms with Gasteiger partial charge in [0.2, 0.25) is 0 Å². The van der Waals surface area contributed by atoms with E-state index in [0.29, 0.717) is 0 Å². The molecule has 0 amide bonds. The highest BCUT2D eigenvalue weighted by Crippen LogP contribution is 2.27. The molecule has 0 fully saturated rings. The van der Waals surface area contributed by atoms with Crippen LogP contribution in [-0.4, -0.2) is 22.2 Å². The van der Waals surface area contributed by atoms with E-state index in [1.807, 2.05) is 6.20 Å². The molecule has 0 saturated carbocycles. The summed E-state index contributed by atoms with van der Waals surface area (Å²) in [4.78, 5) is 4.33. The molecule has 0 aliphatic rings. The lowest BCUT2D eigenvalue weighted by Gasteiger charge is -2.33. The van der Waals surface area contributed by atoms with Crippen LogP contribution in [0.25, 0.3) is 0 Å². The number of rotatable bonds is 6. The van der Waals surface area contributed by atoms with Gasteiger partial charge in [0.1, 0.15) is 5.01 Å². The Hall–Kier alpha value is 0.0300. The molecule has 0 aliphatic carbocycles. The fourth-order valence-corrected chi connectivity index (χ4v) is 2.96. The van der Waals surface area contributed by atoms with E-state index in [1.165, 1.54) is 0 Å². The Kier molecular flexibility index (Phi) is 5.37. The van der Waals surface area contributed by atoms with Crippen molar-refractivity contribution >= 4 is 27.3 Å². The van der Waals surface area contributed by atoms with Crippen LogP contribution < -0.4 is 5.32 Å². The third-order valence-electron chi connectivity index (χ3n) is 3.04. The van der Waals surface area contributed by atoms with Crippen LogP contribution in [0.15, 0.2) is 9.98 Å².